The second-order valence-electron chi connectivity index (χ2n) is 6.95. The highest BCUT2D eigenvalue weighted by molar-refractivity contribution is 6.15. The molecule has 0 unspecified atom stereocenters. The van der Waals surface area contributed by atoms with Crippen LogP contribution in [0.5, 0.6) is 0 Å². The van der Waals surface area contributed by atoms with Gasteiger partial charge in [-0.1, -0.05) is 18.2 Å². The number of benzene rings is 2. The van der Waals surface area contributed by atoms with Gasteiger partial charge in [0, 0.05) is 23.3 Å². The lowest BCUT2D eigenvalue weighted by Gasteiger charge is -2.11. The second kappa shape index (κ2) is 8.60. The van der Waals surface area contributed by atoms with Crippen molar-refractivity contribution in [1.29, 1.82) is 0 Å². The molecule has 2 aromatic carbocycles. The standard InChI is InChI=1S/C23H18N4O5/c28-20(24-16-5-2-1-3-6-16)14-27-21(29)19(25-23(27)32)13-18-7-4-12-26(18)17-10-8-15(9-11-17)22(30)31/h1-13H,14H2,(H,24,28)(H,25,32)(H,30,31). The molecule has 0 aliphatic carbocycles. The summed E-state index contributed by atoms with van der Waals surface area (Å²) in [4.78, 5) is 49.1. The lowest BCUT2D eigenvalue weighted by Crippen LogP contribution is -2.38. The quantitative estimate of drug-likeness (QED) is 0.410. The summed E-state index contributed by atoms with van der Waals surface area (Å²) in [6.45, 7) is -0.422. The molecular weight excluding hydrogens is 412 g/mol. The molecule has 9 nitrogen and oxygen atoms in total. The number of nitrogens with one attached hydrogen (secondary N) is 2. The fourth-order valence-electron chi connectivity index (χ4n) is 3.24. The Morgan fingerprint density at radius 1 is 0.969 bits per heavy atom. The zero-order chi connectivity index (χ0) is 22.7. The highest BCUT2D eigenvalue weighted by Crippen LogP contribution is 2.19. The molecule has 1 fully saturated rings. The maximum Gasteiger partial charge on any atom is 0.335 e. The molecule has 0 radical (unpaired) electrons. The molecule has 160 valence electrons. The number of urea groups is 1. The Bertz CT molecular complexity index is 1230. The van der Waals surface area contributed by atoms with E-state index in [4.69, 9.17) is 5.11 Å². The number of rotatable bonds is 6. The minimum atomic E-state index is -1.03. The minimum Gasteiger partial charge on any atom is -0.478 e. The molecule has 9 heteroatoms. The van der Waals surface area contributed by atoms with Crippen molar-refractivity contribution in [2.24, 2.45) is 0 Å². The van der Waals surface area contributed by atoms with E-state index in [2.05, 4.69) is 10.6 Å². The van der Waals surface area contributed by atoms with E-state index >= 15 is 0 Å². The average molecular weight is 430 g/mol. The van der Waals surface area contributed by atoms with Gasteiger partial charge >= 0.3 is 12.0 Å². The minimum absolute atomic E-state index is 0.0321. The van der Waals surface area contributed by atoms with Crippen LogP contribution in [0.15, 0.2) is 78.6 Å². The van der Waals surface area contributed by atoms with Gasteiger partial charge in [-0.3, -0.25) is 9.59 Å². The molecule has 4 rings (SSSR count). The van der Waals surface area contributed by atoms with Gasteiger partial charge in [-0.2, -0.15) is 0 Å². The summed E-state index contributed by atoms with van der Waals surface area (Å²) in [7, 11) is 0. The van der Waals surface area contributed by atoms with Crippen molar-refractivity contribution in [2.75, 3.05) is 11.9 Å². The lowest BCUT2D eigenvalue weighted by atomic mass is 10.2. The summed E-state index contributed by atoms with van der Waals surface area (Å²) >= 11 is 0. The van der Waals surface area contributed by atoms with Gasteiger partial charge in [0.2, 0.25) is 5.91 Å². The van der Waals surface area contributed by atoms with Crippen molar-refractivity contribution >= 4 is 35.6 Å². The highest BCUT2D eigenvalue weighted by Gasteiger charge is 2.35. The number of para-hydroxylation sites is 1. The van der Waals surface area contributed by atoms with Crippen LogP contribution in [-0.2, 0) is 9.59 Å². The predicted octanol–water partition coefficient (Wildman–Crippen LogP) is 2.71. The van der Waals surface area contributed by atoms with Crippen LogP contribution in [0.3, 0.4) is 0 Å². The van der Waals surface area contributed by atoms with Gasteiger partial charge in [0.15, 0.2) is 0 Å². The van der Waals surface area contributed by atoms with Crippen LogP contribution in [0.4, 0.5) is 10.5 Å². The predicted molar refractivity (Wildman–Crippen MR) is 116 cm³/mol. The number of aromatic nitrogens is 1. The first-order chi connectivity index (χ1) is 15.4. The van der Waals surface area contributed by atoms with Gasteiger partial charge < -0.3 is 20.3 Å². The molecule has 4 amide bonds. The van der Waals surface area contributed by atoms with Crippen LogP contribution in [0.25, 0.3) is 11.8 Å². The number of carboxylic acids is 1. The van der Waals surface area contributed by atoms with Gasteiger partial charge in [0.1, 0.15) is 12.2 Å². The third-order valence-electron chi connectivity index (χ3n) is 4.79. The maximum atomic E-state index is 12.7. The fraction of sp³-hybridized carbons (Fsp3) is 0.0435. The van der Waals surface area contributed by atoms with E-state index in [0.717, 1.165) is 4.90 Å². The summed E-state index contributed by atoms with van der Waals surface area (Å²) in [5.74, 6) is -2.14. The van der Waals surface area contributed by atoms with E-state index in [9.17, 15) is 19.2 Å². The number of aromatic carboxylic acids is 1. The van der Waals surface area contributed by atoms with Crippen molar-refractivity contribution in [3.8, 4) is 5.69 Å². The van der Waals surface area contributed by atoms with Crippen LogP contribution in [0, 0.1) is 0 Å². The molecule has 3 N–H and O–H groups in total. The largest absolute Gasteiger partial charge is 0.478 e. The topological polar surface area (TPSA) is 121 Å². The van der Waals surface area contributed by atoms with Gasteiger partial charge in [-0.15, -0.1) is 0 Å². The van der Waals surface area contributed by atoms with E-state index < -0.39 is 30.4 Å². The Morgan fingerprint density at radius 3 is 2.38 bits per heavy atom. The molecule has 2 heterocycles. The molecule has 3 aromatic rings. The molecule has 1 aromatic heterocycles. The third-order valence-corrected chi connectivity index (χ3v) is 4.79. The summed E-state index contributed by atoms with van der Waals surface area (Å²) < 4.78 is 1.74. The van der Waals surface area contributed by atoms with E-state index in [1.165, 1.54) is 18.2 Å². The first kappa shape index (κ1) is 20.6. The van der Waals surface area contributed by atoms with Crippen LogP contribution < -0.4 is 10.6 Å². The zero-order valence-electron chi connectivity index (χ0n) is 16.7. The Hall–Kier alpha value is -4.66. The smallest absolute Gasteiger partial charge is 0.335 e. The van der Waals surface area contributed by atoms with Gasteiger partial charge in [-0.25, -0.2) is 14.5 Å². The number of carboxylic acid groups (broad SMARTS) is 1. The summed E-state index contributed by atoms with van der Waals surface area (Å²) in [6.07, 6.45) is 3.24. The molecule has 1 aliphatic rings. The SMILES string of the molecule is O=C(CN1C(=O)NC(=Cc2cccn2-c2ccc(C(=O)O)cc2)C1=O)Nc1ccccc1. The number of hydrogen-bond acceptors (Lipinski definition) is 4. The maximum absolute atomic E-state index is 12.7. The molecule has 0 saturated carbocycles. The molecule has 0 spiro atoms. The van der Waals surface area contributed by atoms with E-state index in [-0.39, 0.29) is 11.3 Å². The van der Waals surface area contributed by atoms with E-state index in [1.54, 1.807) is 65.4 Å². The van der Waals surface area contributed by atoms with Crippen LogP contribution in [0.1, 0.15) is 16.1 Å². The second-order valence-corrected chi connectivity index (χ2v) is 6.95. The number of nitrogens with zero attached hydrogens (tertiary/aromatic N) is 2. The lowest BCUT2D eigenvalue weighted by molar-refractivity contribution is -0.127. The van der Waals surface area contributed by atoms with Gasteiger partial charge in [0.05, 0.1) is 5.56 Å². The molecule has 0 bridgehead atoms. The van der Waals surface area contributed by atoms with Crippen molar-refractivity contribution in [2.45, 2.75) is 0 Å². The third kappa shape index (κ3) is 4.26. The summed E-state index contributed by atoms with van der Waals surface area (Å²) in [5, 5.41) is 14.2. The number of imide groups is 1. The zero-order valence-corrected chi connectivity index (χ0v) is 16.7. The van der Waals surface area contributed by atoms with Crippen molar-refractivity contribution < 1.29 is 24.3 Å². The molecule has 1 aliphatic heterocycles. The molecule has 32 heavy (non-hydrogen) atoms. The first-order valence-corrected chi connectivity index (χ1v) is 9.63. The van der Waals surface area contributed by atoms with Crippen molar-refractivity contribution in [1.82, 2.24) is 14.8 Å². The van der Waals surface area contributed by atoms with Crippen LogP contribution >= 0.6 is 0 Å². The Morgan fingerprint density at radius 2 is 1.69 bits per heavy atom. The highest BCUT2D eigenvalue weighted by atomic mass is 16.4. The number of anilines is 1. The van der Waals surface area contributed by atoms with Crippen molar-refractivity contribution in [3.05, 3.63) is 89.9 Å². The van der Waals surface area contributed by atoms with Crippen LogP contribution in [-0.4, -0.2) is 44.9 Å². The average Bonchev–Trinajstić information content (AvgIpc) is 3.34. The molecule has 1 saturated heterocycles. The van der Waals surface area contributed by atoms with E-state index in [1.807, 2.05) is 0 Å². The monoisotopic (exact) mass is 430 g/mol. The van der Waals surface area contributed by atoms with Crippen molar-refractivity contribution in [3.63, 3.8) is 0 Å². The Kier molecular flexibility index (Phi) is 5.54. The van der Waals surface area contributed by atoms with E-state index in [0.29, 0.717) is 17.1 Å². The van der Waals surface area contributed by atoms with Gasteiger partial charge in [0.25, 0.3) is 5.91 Å². The number of hydrogen-bond donors (Lipinski definition) is 3. The molecule has 0 atom stereocenters. The number of amides is 4. The number of carbonyl (C=O) groups excluding carboxylic acids is 3. The van der Waals surface area contributed by atoms with Gasteiger partial charge in [-0.05, 0) is 54.6 Å². The Labute approximate surface area is 182 Å². The van der Waals surface area contributed by atoms with Crippen LogP contribution in [0.2, 0.25) is 0 Å². The molecular formula is C23H18N4O5. The first-order valence-electron chi connectivity index (χ1n) is 9.63. The number of carbonyl (C=O) groups is 4. The Balaban J connectivity index is 1.50. The fourth-order valence-corrected chi connectivity index (χ4v) is 3.24. The summed E-state index contributed by atoms with van der Waals surface area (Å²) in [6, 6.07) is 17.8. The summed E-state index contributed by atoms with van der Waals surface area (Å²) in [5.41, 5.74) is 2.02. The normalized spacial score (nSPS) is 14.5.